The Hall–Kier alpha value is -0.990. The van der Waals surface area contributed by atoms with Crippen LogP contribution in [0.3, 0.4) is 0 Å². The van der Waals surface area contributed by atoms with E-state index in [0.717, 1.165) is 11.8 Å². The SMILES string of the molecule is CCCN1C(=O)S/C(=C/c2cc(OCC)c(O)c(Br)c2Br)C1=O. The van der Waals surface area contributed by atoms with E-state index in [2.05, 4.69) is 31.9 Å². The number of amides is 2. The molecule has 2 amide bonds. The summed E-state index contributed by atoms with van der Waals surface area (Å²) >= 11 is 7.58. The number of thioether (sulfide) groups is 1. The second kappa shape index (κ2) is 7.72. The Morgan fingerprint density at radius 3 is 2.61 bits per heavy atom. The molecule has 0 bridgehead atoms. The minimum Gasteiger partial charge on any atom is -0.503 e. The Morgan fingerprint density at radius 2 is 2.00 bits per heavy atom. The molecule has 1 fully saturated rings. The second-order valence-corrected chi connectivity index (χ2v) is 7.29. The topological polar surface area (TPSA) is 66.8 Å². The van der Waals surface area contributed by atoms with Crippen LogP contribution >= 0.6 is 43.6 Å². The molecule has 0 spiro atoms. The number of phenols is 1. The maximum absolute atomic E-state index is 12.3. The van der Waals surface area contributed by atoms with E-state index in [9.17, 15) is 14.7 Å². The number of nitrogens with zero attached hydrogens (tertiary/aromatic N) is 1. The molecule has 2 rings (SSSR count). The molecule has 0 unspecified atom stereocenters. The highest BCUT2D eigenvalue weighted by atomic mass is 79.9. The number of imide groups is 1. The van der Waals surface area contributed by atoms with Crippen LogP contribution in [0.25, 0.3) is 6.08 Å². The summed E-state index contributed by atoms with van der Waals surface area (Å²) in [5, 5.41) is 9.78. The van der Waals surface area contributed by atoms with Crippen molar-refractivity contribution in [1.82, 2.24) is 4.90 Å². The van der Waals surface area contributed by atoms with E-state index in [4.69, 9.17) is 4.74 Å². The van der Waals surface area contributed by atoms with Crippen LogP contribution in [0.15, 0.2) is 19.9 Å². The third-order valence-corrected chi connectivity index (χ3v) is 6.15. The fourth-order valence-corrected chi connectivity index (χ4v) is 3.74. The fraction of sp³-hybridized carbons (Fsp3) is 0.333. The van der Waals surface area contributed by atoms with Gasteiger partial charge in [-0.1, -0.05) is 6.92 Å². The fourth-order valence-electron chi connectivity index (χ4n) is 2.04. The Morgan fingerprint density at radius 1 is 1.30 bits per heavy atom. The van der Waals surface area contributed by atoms with Gasteiger partial charge in [-0.05, 0) is 74.7 Å². The summed E-state index contributed by atoms with van der Waals surface area (Å²) in [6, 6.07) is 1.63. The lowest BCUT2D eigenvalue weighted by molar-refractivity contribution is -0.122. The summed E-state index contributed by atoms with van der Waals surface area (Å²) in [5.41, 5.74) is 0.639. The summed E-state index contributed by atoms with van der Waals surface area (Å²) in [7, 11) is 0. The normalized spacial score (nSPS) is 16.5. The van der Waals surface area contributed by atoms with Gasteiger partial charge in [0.15, 0.2) is 11.5 Å². The van der Waals surface area contributed by atoms with Crippen molar-refractivity contribution >= 4 is 60.8 Å². The summed E-state index contributed by atoms with van der Waals surface area (Å²) in [6.45, 7) is 4.53. The van der Waals surface area contributed by atoms with Crippen molar-refractivity contribution in [3.63, 3.8) is 0 Å². The summed E-state index contributed by atoms with van der Waals surface area (Å²) in [6.07, 6.45) is 2.34. The largest absolute Gasteiger partial charge is 0.503 e. The number of carbonyl (C=O) groups is 2. The highest BCUT2D eigenvalue weighted by Crippen LogP contribution is 2.43. The molecule has 1 aromatic carbocycles. The average Bonchev–Trinajstić information content (AvgIpc) is 2.78. The number of hydrogen-bond acceptors (Lipinski definition) is 5. The maximum atomic E-state index is 12.3. The van der Waals surface area contributed by atoms with E-state index in [0.29, 0.717) is 44.7 Å². The third-order valence-electron chi connectivity index (χ3n) is 3.08. The van der Waals surface area contributed by atoms with Gasteiger partial charge in [0.05, 0.1) is 16.0 Å². The molecular weight excluding hydrogens is 450 g/mol. The number of hydrogen-bond donors (Lipinski definition) is 1. The van der Waals surface area contributed by atoms with Gasteiger partial charge in [0.1, 0.15) is 0 Å². The summed E-state index contributed by atoms with van der Waals surface area (Å²) in [5.74, 6) is -0.00696. The van der Waals surface area contributed by atoms with Crippen LogP contribution in [0.4, 0.5) is 4.79 Å². The molecule has 1 N–H and O–H groups in total. The number of aromatic hydroxyl groups is 1. The minimum atomic E-state index is -0.295. The molecular formula is C15H15Br2NO4S. The molecule has 0 saturated carbocycles. The molecule has 8 heteroatoms. The maximum Gasteiger partial charge on any atom is 0.293 e. The molecule has 0 radical (unpaired) electrons. The van der Waals surface area contributed by atoms with Gasteiger partial charge in [0.25, 0.3) is 11.1 Å². The molecule has 23 heavy (non-hydrogen) atoms. The molecule has 1 aromatic rings. The monoisotopic (exact) mass is 463 g/mol. The average molecular weight is 465 g/mol. The van der Waals surface area contributed by atoms with Gasteiger partial charge in [0.2, 0.25) is 0 Å². The van der Waals surface area contributed by atoms with E-state index >= 15 is 0 Å². The Balaban J connectivity index is 2.43. The minimum absolute atomic E-state index is 0.0186. The van der Waals surface area contributed by atoms with Crippen molar-refractivity contribution in [2.45, 2.75) is 20.3 Å². The Bertz CT molecular complexity index is 691. The molecule has 1 saturated heterocycles. The van der Waals surface area contributed by atoms with Gasteiger partial charge in [0, 0.05) is 11.0 Å². The first-order valence-corrected chi connectivity index (χ1v) is 9.40. The van der Waals surface area contributed by atoms with Crippen LogP contribution in [0.2, 0.25) is 0 Å². The number of phenolic OH excluding ortho intramolecular Hbond substituents is 1. The van der Waals surface area contributed by atoms with Crippen LogP contribution in [0.1, 0.15) is 25.8 Å². The van der Waals surface area contributed by atoms with Crippen LogP contribution in [0.5, 0.6) is 11.5 Å². The van der Waals surface area contributed by atoms with Crippen molar-refractivity contribution < 1.29 is 19.4 Å². The smallest absolute Gasteiger partial charge is 0.293 e. The van der Waals surface area contributed by atoms with Gasteiger partial charge in [-0.25, -0.2) is 0 Å². The molecule has 5 nitrogen and oxygen atoms in total. The molecule has 1 aliphatic rings. The summed E-state index contributed by atoms with van der Waals surface area (Å²) < 4.78 is 6.40. The van der Waals surface area contributed by atoms with E-state index in [1.54, 1.807) is 12.1 Å². The predicted molar refractivity (Wildman–Crippen MR) is 97.6 cm³/mol. The van der Waals surface area contributed by atoms with E-state index in [1.165, 1.54) is 4.90 Å². The quantitative estimate of drug-likeness (QED) is 0.636. The Labute approximate surface area is 155 Å². The zero-order valence-electron chi connectivity index (χ0n) is 12.6. The summed E-state index contributed by atoms with van der Waals surface area (Å²) in [4.78, 5) is 25.8. The van der Waals surface area contributed by atoms with Crippen LogP contribution in [-0.4, -0.2) is 34.3 Å². The van der Waals surface area contributed by atoms with Crippen molar-refractivity contribution in [3.05, 3.63) is 25.5 Å². The number of rotatable bonds is 5. The molecule has 1 heterocycles. The first-order chi connectivity index (χ1) is 10.9. The van der Waals surface area contributed by atoms with E-state index < -0.39 is 0 Å². The van der Waals surface area contributed by atoms with Crippen molar-refractivity contribution in [2.75, 3.05) is 13.2 Å². The van der Waals surface area contributed by atoms with Gasteiger partial charge in [-0.15, -0.1) is 0 Å². The standard InChI is InChI=1S/C15H15Br2NO4S/c1-3-5-18-14(20)10(23-15(18)21)7-8-6-9(22-4-2)13(19)12(17)11(8)16/h6-7,19H,3-5H2,1-2H3/b10-7+. The van der Waals surface area contributed by atoms with Crippen LogP contribution < -0.4 is 4.74 Å². The van der Waals surface area contributed by atoms with Gasteiger partial charge >= 0.3 is 0 Å². The van der Waals surface area contributed by atoms with E-state index in [-0.39, 0.29) is 16.9 Å². The zero-order chi connectivity index (χ0) is 17.1. The van der Waals surface area contributed by atoms with Crippen molar-refractivity contribution in [1.29, 1.82) is 0 Å². The lowest BCUT2D eigenvalue weighted by atomic mass is 10.2. The molecule has 0 atom stereocenters. The molecule has 0 aromatic heterocycles. The Kier molecular flexibility index (Phi) is 6.16. The highest BCUT2D eigenvalue weighted by molar-refractivity contribution is 9.13. The van der Waals surface area contributed by atoms with Crippen molar-refractivity contribution in [2.24, 2.45) is 0 Å². The highest BCUT2D eigenvalue weighted by Gasteiger charge is 2.34. The third kappa shape index (κ3) is 3.75. The molecule has 1 aliphatic heterocycles. The second-order valence-electron chi connectivity index (χ2n) is 4.71. The number of benzene rings is 1. The lowest BCUT2D eigenvalue weighted by Gasteiger charge is -2.12. The number of ether oxygens (including phenoxy) is 1. The number of halogens is 2. The lowest BCUT2D eigenvalue weighted by Crippen LogP contribution is -2.28. The van der Waals surface area contributed by atoms with Gasteiger partial charge in [-0.2, -0.15) is 0 Å². The van der Waals surface area contributed by atoms with Crippen LogP contribution in [-0.2, 0) is 4.79 Å². The van der Waals surface area contributed by atoms with Crippen LogP contribution in [0, 0.1) is 0 Å². The van der Waals surface area contributed by atoms with E-state index in [1.807, 2.05) is 13.8 Å². The number of carbonyl (C=O) groups excluding carboxylic acids is 2. The molecule has 124 valence electrons. The zero-order valence-corrected chi connectivity index (χ0v) is 16.5. The molecule has 0 aliphatic carbocycles. The van der Waals surface area contributed by atoms with Crippen molar-refractivity contribution in [3.8, 4) is 11.5 Å². The van der Waals surface area contributed by atoms with Gasteiger partial charge < -0.3 is 9.84 Å². The predicted octanol–water partition coefficient (Wildman–Crippen LogP) is 4.76. The first-order valence-electron chi connectivity index (χ1n) is 6.99. The van der Waals surface area contributed by atoms with Gasteiger partial charge in [-0.3, -0.25) is 14.5 Å². The first kappa shape index (κ1) is 18.4.